The SMILES string of the molecule is CCc1nc(CSc2nnc(-c3cc(C)cc(C)c3)o2)cs1. The Morgan fingerprint density at radius 2 is 1.91 bits per heavy atom. The average Bonchev–Trinajstić information content (AvgIpc) is 3.13. The zero-order valence-corrected chi connectivity index (χ0v) is 14.4. The number of thiazole rings is 1. The molecular weight excluding hydrogens is 314 g/mol. The van der Waals surface area contributed by atoms with Gasteiger partial charge in [0.1, 0.15) is 0 Å². The summed E-state index contributed by atoms with van der Waals surface area (Å²) >= 11 is 3.22. The van der Waals surface area contributed by atoms with Gasteiger partial charge in [-0.25, -0.2) is 4.98 Å². The van der Waals surface area contributed by atoms with E-state index in [1.165, 1.54) is 22.9 Å². The molecule has 0 saturated heterocycles. The number of hydrogen-bond donors (Lipinski definition) is 0. The van der Waals surface area contributed by atoms with Crippen LogP contribution in [0.1, 0.15) is 28.8 Å². The number of benzene rings is 1. The number of rotatable bonds is 5. The van der Waals surface area contributed by atoms with Gasteiger partial charge in [0.05, 0.1) is 10.7 Å². The van der Waals surface area contributed by atoms with E-state index >= 15 is 0 Å². The van der Waals surface area contributed by atoms with Crippen LogP contribution in [0.25, 0.3) is 11.5 Å². The van der Waals surface area contributed by atoms with E-state index in [0.717, 1.165) is 28.4 Å². The summed E-state index contributed by atoms with van der Waals surface area (Å²) in [5, 5.41) is 12.1. The van der Waals surface area contributed by atoms with Gasteiger partial charge in [-0.3, -0.25) is 0 Å². The number of hydrogen-bond acceptors (Lipinski definition) is 6. The van der Waals surface area contributed by atoms with Crippen molar-refractivity contribution in [3.8, 4) is 11.5 Å². The van der Waals surface area contributed by atoms with Gasteiger partial charge in [-0.15, -0.1) is 21.5 Å². The first-order chi connectivity index (χ1) is 10.6. The Kier molecular flexibility index (Phi) is 4.59. The van der Waals surface area contributed by atoms with Gasteiger partial charge >= 0.3 is 0 Å². The van der Waals surface area contributed by atoms with Gasteiger partial charge in [-0.2, -0.15) is 0 Å². The lowest BCUT2D eigenvalue weighted by molar-refractivity contribution is 0.465. The monoisotopic (exact) mass is 331 g/mol. The molecule has 0 atom stereocenters. The Morgan fingerprint density at radius 3 is 2.59 bits per heavy atom. The molecule has 2 aromatic heterocycles. The Bertz CT molecular complexity index is 759. The minimum atomic E-state index is 0.571. The number of thioether (sulfide) groups is 1. The van der Waals surface area contributed by atoms with Crippen molar-refractivity contribution in [1.82, 2.24) is 15.2 Å². The summed E-state index contributed by atoms with van der Waals surface area (Å²) in [7, 11) is 0. The van der Waals surface area contributed by atoms with E-state index < -0.39 is 0 Å². The third-order valence-electron chi connectivity index (χ3n) is 3.12. The van der Waals surface area contributed by atoms with Crippen molar-refractivity contribution in [1.29, 1.82) is 0 Å². The molecule has 1 aromatic carbocycles. The molecule has 4 nitrogen and oxygen atoms in total. The van der Waals surface area contributed by atoms with Crippen LogP contribution >= 0.6 is 23.1 Å². The maximum atomic E-state index is 5.75. The molecule has 22 heavy (non-hydrogen) atoms. The molecule has 0 bridgehead atoms. The standard InChI is InChI=1S/C16H17N3OS2/c1-4-14-17-13(8-21-14)9-22-16-19-18-15(20-16)12-6-10(2)5-11(3)7-12/h5-8H,4,9H2,1-3H3. The van der Waals surface area contributed by atoms with Crippen molar-refractivity contribution >= 4 is 23.1 Å². The van der Waals surface area contributed by atoms with E-state index in [0.29, 0.717) is 11.1 Å². The largest absolute Gasteiger partial charge is 0.411 e. The maximum Gasteiger partial charge on any atom is 0.277 e. The van der Waals surface area contributed by atoms with Crippen molar-refractivity contribution in [2.45, 2.75) is 38.2 Å². The van der Waals surface area contributed by atoms with E-state index in [1.54, 1.807) is 11.3 Å². The smallest absolute Gasteiger partial charge is 0.277 e. The highest BCUT2D eigenvalue weighted by molar-refractivity contribution is 7.98. The van der Waals surface area contributed by atoms with Crippen LogP contribution in [0.2, 0.25) is 0 Å². The molecule has 0 spiro atoms. The average molecular weight is 331 g/mol. The second-order valence-electron chi connectivity index (χ2n) is 5.12. The molecule has 3 rings (SSSR count). The summed E-state index contributed by atoms with van der Waals surface area (Å²) in [6.07, 6.45) is 0.979. The summed E-state index contributed by atoms with van der Waals surface area (Å²) in [6, 6.07) is 6.24. The van der Waals surface area contributed by atoms with Gasteiger partial charge in [0.25, 0.3) is 5.22 Å². The predicted octanol–water partition coefficient (Wildman–Crippen LogP) is 4.66. The zero-order valence-electron chi connectivity index (χ0n) is 12.8. The molecule has 0 aliphatic carbocycles. The molecule has 0 aliphatic heterocycles. The molecule has 0 radical (unpaired) electrons. The lowest BCUT2D eigenvalue weighted by Crippen LogP contribution is -1.83. The van der Waals surface area contributed by atoms with Gasteiger partial charge in [0.2, 0.25) is 5.89 Å². The number of aryl methyl sites for hydroxylation is 3. The minimum Gasteiger partial charge on any atom is -0.411 e. The van der Waals surface area contributed by atoms with E-state index in [2.05, 4.69) is 59.5 Å². The first-order valence-corrected chi connectivity index (χ1v) is 8.99. The molecule has 6 heteroatoms. The van der Waals surface area contributed by atoms with E-state index in [1.807, 2.05) is 0 Å². The molecule has 3 aromatic rings. The zero-order chi connectivity index (χ0) is 15.5. The third-order valence-corrected chi connectivity index (χ3v) is 5.01. The van der Waals surface area contributed by atoms with Gasteiger partial charge in [0, 0.05) is 16.7 Å². The number of nitrogens with zero attached hydrogens (tertiary/aromatic N) is 3. The molecule has 0 amide bonds. The van der Waals surface area contributed by atoms with Crippen LogP contribution in [0.4, 0.5) is 0 Å². The van der Waals surface area contributed by atoms with Crippen LogP contribution in [0.15, 0.2) is 33.2 Å². The van der Waals surface area contributed by atoms with Gasteiger partial charge in [-0.05, 0) is 32.4 Å². The quantitative estimate of drug-likeness (QED) is 0.636. The molecule has 2 heterocycles. The Hall–Kier alpha value is -1.66. The van der Waals surface area contributed by atoms with Gasteiger partial charge in [0.15, 0.2) is 0 Å². The molecule has 0 N–H and O–H groups in total. The molecule has 0 fully saturated rings. The number of aromatic nitrogens is 3. The fourth-order valence-electron chi connectivity index (χ4n) is 2.20. The Labute approximate surface area is 138 Å². The van der Waals surface area contributed by atoms with Crippen molar-refractivity contribution < 1.29 is 4.42 Å². The second-order valence-corrected chi connectivity index (χ2v) is 6.99. The Morgan fingerprint density at radius 1 is 1.14 bits per heavy atom. The van der Waals surface area contributed by atoms with E-state index in [4.69, 9.17) is 4.42 Å². The molecule has 0 aliphatic rings. The second kappa shape index (κ2) is 6.62. The van der Waals surface area contributed by atoms with Crippen molar-refractivity contribution in [3.05, 3.63) is 45.4 Å². The normalized spacial score (nSPS) is 11.0. The van der Waals surface area contributed by atoms with E-state index in [9.17, 15) is 0 Å². The highest BCUT2D eigenvalue weighted by atomic mass is 32.2. The summed E-state index contributed by atoms with van der Waals surface area (Å²) in [4.78, 5) is 4.54. The highest BCUT2D eigenvalue weighted by Gasteiger charge is 2.11. The lowest BCUT2D eigenvalue weighted by atomic mass is 10.1. The highest BCUT2D eigenvalue weighted by Crippen LogP contribution is 2.27. The fraction of sp³-hybridized carbons (Fsp3) is 0.312. The van der Waals surface area contributed by atoms with Crippen LogP contribution in [0.5, 0.6) is 0 Å². The van der Waals surface area contributed by atoms with E-state index in [-0.39, 0.29) is 0 Å². The van der Waals surface area contributed by atoms with Crippen LogP contribution < -0.4 is 0 Å². The first-order valence-electron chi connectivity index (χ1n) is 7.12. The minimum absolute atomic E-state index is 0.571. The van der Waals surface area contributed by atoms with Crippen LogP contribution in [0.3, 0.4) is 0 Å². The van der Waals surface area contributed by atoms with Crippen molar-refractivity contribution in [2.24, 2.45) is 0 Å². The summed E-state index contributed by atoms with van der Waals surface area (Å²) < 4.78 is 5.75. The van der Waals surface area contributed by atoms with Crippen molar-refractivity contribution in [3.63, 3.8) is 0 Å². The lowest BCUT2D eigenvalue weighted by Gasteiger charge is -2.00. The molecule has 0 saturated carbocycles. The predicted molar refractivity (Wildman–Crippen MR) is 90.3 cm³/mol. The molecule has 0 unspecified atom stereocenters. The first kappa shape index (κ1) is 15.2. The van der Waals surface area contributed by atoms with Crippen LogP contribution in [0, 0.1) is 13.8 Å². The topological polar surface area (TPSA) is 51.8 Å². The summed E-state index contributed by atoms with van der Waals surface area (Å²) in [6.45, 7) is 6.25. The Balaban J connectivity index is 1.70. The van der Waals surface area contributed by atoms with Crippen LogP contribution in [-0.4, -0.2) is 15.2 Å². The summed E-state index contributed by atoms with van der Waals surface area (Å²) in [5.74, 6) is 1.33. The third kappa shape index (κ3) is 3.56. The molecule has 114 valence electrons. The van der Waals surface area contributed by atoms with Gasteiger partial charge in [-0.1, -0.05) is 35.9 Å². The molecular formula is C16H17N3OS2. The summed E-state index contributed by atoms with van der Waals surface area (Å²) in [5.41, 5.74) is 4.42. The van der Waals surface area contributed by atoms with Crippen LogP contribution in [-0.2, 0) is 12.2 Å². The maximum absolute atomic E-state index is 5.75. The fourth-order valence-corrected chi connectivity index (χ4v) is 3.70. The van der Waals surface area contributed by atoms with Crippen molar-refractivity contribution in [2.75, 3.05) is 0 Å². The van der Waals surface area contributed by atoms with Gasteiger partial charge < -0.3 is 4.42 Å².